The first-order valence-corrected chi connectivity index (χ1v) is 2.57. The van der Waals surface area contributed by atoms with Crippen molar-refractivity contribution in [1.29, 1.82) is 0 Å². The van der Waals surface area contributed by atoms with Crippen molar-refractivity contribution in [2.45, 2.75) is 13.0 Å². The number of carbonyl (C=O) groups excluding carboxylic acids is 1. The number of hydrogen-bond acceptors (Lipinski definition) is 2. The maximum atomic E-state index is 10.4. The lowest BCUT2D eigenvalue weighted by Crippen LogP contribution is -2.32. The molecule has 0 spiro atoms. The highest BCUT2D eigenvalue weighted by atomic mass is 16.3. The smallest absolute Gasteiger partial charge is 0.249 e. The van der Waals surface area contributed by atoms with Gasteiger partial charge < -0.3 is 10.4 Å². The van der Waals surface area contributed by atoms with Gasteiger partial charge >= 0.3 is 0 Å². The summed E-state index contributed by atoms with van der Waals surface area (Å²) in [5.74, 6) is 1.77. The summed E-state index contributed by atoms with van der Waals surface area (Å²) in [5, 5.41) is 10.9. The van der Waals surface area contributed by atoms with Gasteiger partial charge in [0.25, 0.3) is 0 Å². The molecule has 9 heavy (non-hydrogen) atoms. The predicted molar refractivity (Wildman–Crippen MR) is 33.5 cm³/mol. The van der Waals surface area contributed by atoms with E-state index in [1.165, 1.54) is 6.92 Å². The Hall–Kier alpha value is -1.01. The fourth-order valence-corrected chi connectivity index (χ4v) is 0.286. The molecule has 0 heterocycles. The monoisotopic (exact) mass is 127 g/mol. The van der Waals surface area contributed by atoms with E-state index in [1.807, 2.05) is 0 Å². The van der Waals surface area contributed by atoms with E-state index in [-0.39, 0.29) is 6.54 Å². The minimum atomic E-state index is -0.974. The number of rotatable bonds is 2. The van der Waals surface area contributed by atoms with Crippen molar-refractivity contribution in [2.24, 2.45) is 0 Å². The van der Waals surface area contributed by atoms with Crippen LogP contribution >= 0.6 is 0 Å². The molecular weight excluding hydrogens is 118 g/mol. The van der Waals surface area contributed by atoms with Gasteiger partial charge in [-0.1, -0.05) is 5.92 Å². The molecule has 0 fully saturated rings. The SMILES string of the molecule is C#CCNC(=O)[C@@H](C)O. The Bertz CT molecular complexity index is 134. The Balaban J connectivity index is 3.42. The van der Waals surface area contributed by atoms with Gasteiger partial charge in [-0.05, 0) is 6.92 Å². The molecule has 50 valence electrons. The molecular formula is C6H9NO2. The van der Waals surface area contributed by atoms with Crippen LogP contribution in [0, 0.1) is 12.3 Å². The topological polar surface area (TPSA) is 49.3 Å². The molecule has 1 amide bonds. The Morgan fingerprint density at radius 2 is 2.56 bits per heavy atom. The number of carbonyl (C=O) groups is 1. The Morgan fingerprint density at radius 1 is 2.00 bits per heavy atom. The van der Waals surface area contributed by atoms with Crippen LogP contribution in [0.15, 0.2) is 0 Å². The lowest BCUT2D eigenvalue weighted by molar-refractivity contribution is -0.128. The molecule has 0 rings (SSSR count). The fraction of sp³-hybridized carbons (Fsp3) is 0.500. The van der Waals surface area contributed by atoms with Crippen LogP contribution in [-0.4, -0.2) is 23.7 Å². The molecule has 0 aromatic carbocycles. The van der Waals surface area contributed by atoms with Crippen molar-refractivity contribution in [3.05, 3.63) is 0 Å². The average molecular weight is 127 g/mol. The van der Waals surface area contributed by atoms with E-state index in [4.69, 9.17) is 11.5 Å². The molecule has 0 bridgehead atoms. The zero-order valence-electron chi connectivity index (χ0n) is 5.22. The van der Waals surface area contributed by atoms with Crippen molar-refractivity contribution in [3.63, 3.8) is 0 Å². The molecule has 2 N–H and O–H groups in total. The van der Waals surface area contributed by atoms with Crippen LogP contribution in [0.1, 0.15) is 6.92 Å². The Kier molecular flexibility index (Phi) is 3.49. The molecule has 1 atom stereocenters. The summed E-state index contributed by atoms with van der Waals surface area (Å²) in [4.78, 5) is 10.4. The van der Waals surface area contributed by atoms with Crippen LogP contribution in [0.3, 0.4) is 0 Å². The molecule has 0 aliphatic heterocycles. The molecule has 0 saturated heterocycles. The van der Waals surface area contributed by atoms with Crippen molar-refractivity contribution in [2.75, 3.05) is 6.54 Å². The Labute approximate surface area is 54.1 Å². The van der Waals surface area contributed by atoms with Crippen LogP contribution in [0.25, 0.3) is 0 Å². The number of amides is 1. The van der Waals surface area contributed by atoms with Crippen LogP contribution < -0.4 is 5.32 Å². The lowest BCUT2D eigenvalue weighted by Gasteiger charge is -2.01. The molecule has 0 aromatic rings. The van der Waals surface area contributed by atoms with Gasteiger partial charge in [-0.3, -0.25) is 4.79 Å². The summed E-state index contributed by atoms with van der Waals surface area (Å²) in [6, 6.07) is 0. The zero-order valence-corrected chi connectivity index (χ0v) is 5.22. The predicted octanol–water partition coefficient (Wildman–Crippen LogP) is -0.883. The van der Waals surface area contributed by atoms with E-state index in [2.05, 4.69) is 11.2 Å². The maximum Gasteiger partial charge on any atom is 0.249 e. The lowest BCUT2D eigenvalue weighted by atomic mass is 10.4. The molecule has 0 aliphatic rings. The quantitative estimate of drug-likeness (QED) is 0.473. The summed E-state index contributed by atoms with van der Waals surface area (Å²) in [7, 11) is 0. The standard InChI is InChI=1S/C6H9NO2/c1-3-4-7-6(9)5(2)8/h1,5,8H,4H2,2H3,(H,7,9)/t5-/m1/s1. The van der Waals surface area contributed by atoms with Crippen LogP contribution in [0.2, 0.25) is 0 Å². The van der Waals surface area contributed by atoms with E-state index in [0.717, 1.165) is 0 Å². The number of terminal acetylenes is 1. The second-order valence-electron chi connectivity index (χ2n) is 1.60. The summed E-state index contributed by atoms with van der Waals surface area (Å²) < 4.78 is 0. The van der Waals surface area contributed by atoms with Gasteiger partial charge in [0.1, 0.15) is 6.10 Å². The molecule has 3 nitrogen and oxygen atoms in total. The number of hydrogen-bond donors (Lipinski definition) is 2. The van der Waals surface area contributed by atoms with Crippen LogP contribution in [-0.2, 0) is 4.79 Å². The first-order chi connectivity index (χ1) is 4.18. The summed E-state index contributed by atoms with van der Waals surface area (Å²) in [6.07, 6.45) is 3.86. The second-order valence-corrected chi connectivity index (χ2v) is 1.60. The third kappa shape index (κ3) is 3.56. The molecule has 0 saturated carbocycles. The van der Waals surface area contributed by atoms with Gasteiger partial charge in [0.2, 0.25) is 5.91 Å². The summed E-state index contributed by atoms with van der Waals surface area (Å²) in [5.41, 5.74) is 0. The molecule has 0 aliphatic carbocycles. The zero-order chi connectivity index (χ0) is 7.28. The van der Waals surface area contributed by atoms with Gasteiger partial charge in [0.15, 0.2) is 0 Å². The van der Waals surface area contributed by atoms with Crippen LogP contribution in [0.4, 0.5) is 0 Å². The number of aliphatic hydroxyl groups is 1. The first kappa shape index (κ1) is 7.99. The fourth-order valence-electron chi connectivity index (χ4n) is 0.286. The van der Waals surface area contributed by atoms with E-state index in [0.29, 0.717) is 0 Å². The maximum absolute atomic E-state index is 10.4. The average Bonchev–Trinajstić information content (AvgIpc) is 1.82. The third-order valence-electron chi connectivity index (χ3n) is 0.744. The highest BCUT2D eigenvalue weighted by Crippen LogP contribution is 1.76. The number of nitrogens with one attached hydrogen (secondary N) is 1. The first-order valence-electron chi connectivity index (χ1n) is 2.57. The van der Waals surface area contributed by atoms with Crippen molar-refractivity contribution in [3.8, 4) is 12.3 Å². The minimum absolute atomic E-state index is 0.170. The highest BCUT2D eigenvalue weighted by Gasteiger charge is 2.04. The van der Waals surface area contributed by atoms with Crippen molar-refractivity contribution >= 4 is 5.91 Å². The summed E-state index contributed by atoms with van der Waals surface area (Å²) >= 11 is 0. The second kappa shape index (κ2) is 3.93. The highest BCUT2D eigenvalue weighted by molar-refractivity contribution is 5.80. The minimum Gasteiger partial charge on any atom is -0.384 e. The van der Waals surface area contributed by atoms with Gasteiger partial charge in [-0.2, -0.15) is 0 Å². The van der Waals surface area contributed by atoms with E-state index in [9.17, 15) is 4.79 Å². The van der Waals surface area contributed by atoms with E-state index in [1.54, 1.807) is 0 Å². The molecule has 0 aromatic heterocycles. The largest absolute Gasteiger partial charge is 0.384 e. The normalized spacial score (nSPS) is 11.7. The molecule has 0 radical (unpaired) electrons. The summed E-state index contributed by atoms with van der Waals surface area (Å²) in [6.45, 7) is 1.55. The van der Waals surface area contributed by atoms with Gasteiger partial charge in [0.05, 0.1) is 6.54 Å². The molecule has 3 heteroatoms. The van der Waals surface area contributed by atoms with E-state index < -0.39 is 12.0 Å². The van der Waals surface area contributed by atoms with Crippen molar-refractivity contribution < 1.29 is 9.90 Å². The van der Waals surface area contributed by atoms with Gasteiger partial charge in [-0.25, -0.2) is 0 Å². The molecule has 0 unspecified atom stereocenters. The van der Waals surface area contributed by atoms with Crippen LogP contribution in [0.5, 0.6) is 0 Å². The van der Waals surface area contributed by atoms with Gasteiger partial charge in [0, 0.05) is 0 Å². The third-order valence-corrected chi connectivity index (χ3v) is 0.744. The number of aliphatic hydroxyl groups excluding tert-OH is 1. The van der Waals surface area contributed by atoms with E-state index >= 15 is 0 Å². The van der Waals surface area contributed by atoms with Crippen molar-refractivity contribution in [1.82, 2.24) is 5.32 Å². The van der Waals surface area contributed by atoms with Gasteiger partial charge in [-0.15, -0.1) is 6.42 Å². The Morgan fingerprint density at radius 3 is 2.89 bits per heavy atom.